The van der Waals surface area contributed by atoms with Crippen molar-refractivity contribution < 1.29 is 13.9 Å². The van der Waals surface area contributed by atoms with Gasteiger partial charge in [-0.15, -0.1) is 0 Å². The van der Waals surface area contributed by atoms with E-state index in [1.54, 1.807) is 31.3 Å². The van der Waals surface area contributed by atoms with E-state index < -0.39 is 0 Å². The number of halogens is 1. The third-order valence-electron chi connectivity index (χ3n) is 4.29. The average Bonchev–Trinajstić information content (AvgIpc) is 2.89. The molecule has 23 heavy (non-hydrogen) atoms. The van der Waals surface area contributed by atoms with Crippen molar-refractivity contribution in [1.82, 2.24) is 9.78 Å². The maximum atomic E-state index is 13.9. The Balaban J connectivity index is 1.80. The molecule has 1 aliphatic heterocycles. The van der Waals surface area contributed by atoms with Gasteiger partial charge in [-0.1, -0.05) is 12.1 Å². The molecule has 1 aromatic carbocycles. The quantitative estimate of drug-likeness (QED) is 0.946. The summed E-state index contributed by atoms with van der Waals surface area (Å²) in [6.45, 7) is 4.42. The molecule has 1 aromatic heterocycles. The van der Waals surface area contributed by atoms with Crippen LogP contribution < -0.4 is 5.32 Å². The monoisotopic (exact) mass is 317 g/mol. The Labute approximate surface area is 134 Å². The zero-order valence-electron chi connectivity index (χ0n) is 13.3. The molecular weight excluding hydrogens is 297 g/mol. The van der Waals surface area contributed by atoms with Gasteiger partial charge in [0.1, 0.15) is 11.5 Å². The summed E-state index contributed by atoms with van der Waals surface area (Å²) < 4.78 is 20.9. The molecule has 3 rings (SSSR count). The Morgan fingerprint density at radius 2 is 2.22 bits per heavy atom. The zero-order valence-corrected chi connectivity index (χ0v) is 13.3. The lowest BCUT2D eigenvalue weighted by Gasteiger charge is -2.27. The fraction of sp³-hybridized carbons (Fsp3) is 0.412. The van der Waals surface area contributed by atoms with E-state index in [-0.39, 0.29) is 23.7 Å². The first kappa shape index (κ1) is 15.7. The van der Waals surface area contributed by atoms with Gasteiger partial charge in [-0.2, -0.15) is 5.10 Å². The number of aromatic nitrogens is 2. The smallest absolute Gasteiger partial charge is 0.230 e. The first-order valence-electron chi connectivity index (χ1n) is 7.80. The van der Waals surface area contributed by atoms with Gasteiger partial charge >= 0.3 is 0 Å². The lowest BCUT2D eigenvalue weighted by molar-refractivity contribution is -0.127. The second-order valence-corrected chi connectivity index (χ2v) is 5.82. The molecule has 1 N–H and O–H groups in total. The second-order valence-electron chi connectivity index (χ2n) is 5.82. The molecule has 2 heterocycles. The molecule has 0 aliphatic carbocycles. The van der Waals surface area contributed by atoms with Crippen LogP contribution in [0.25, 0.3) is 5.69 Å². The number of carbonyl (C=O) groups excluding carboxylic acids is 1. The van der Waals surface area contributed by atoms with Crippen molar-refractivity contribution in [3.05, 3.63) is 42.0 Å². The normalized spacial score (nSPS) is 21.2. The molecule has 1 saturated heterocycles. The van der Waals surface area contributed by atoms with Crippen LogP contribution in [0.5, 0.6) is 0 Å². The highest BCUT2D eigenvalue weighted by Gasteiger charge is 2.29. The number of nitrogens with zero attached hydrogens (tertiary/aromatic N) is 2. The molecule has 5 nitrogen and oxygen atoms in total. The van der Waals surface area contributed by atoms with Crippen molar-refractivity contribution in [1.29, 1.82) is 0 Å². The van der Waals surface area contributed by atoms with Crippen LogP contribution in [0.4, 0.5) is 10.1 Å². The fourth-order valence-electron chi connectivity index (χ4n) is 2.89. The molecule has 1 fully saturated rings. The second kappa shape index (κ2) is 6.50. The maximum absolute atomic E-state index is 13.9. The number of carbonyl (C=O) groups is 1. The van der Waals surface area contributed by atoms with Crippen LogP contribution in [0.1, 0.15) is 25.5 Å². The average molecular weight is 317 g/mol. The molecule has 0 unspecified atom stereocenters. The number of rotatable bonds is 3. The predicted molar refractivity (Wildman–Crippen MR) is 85.0 cm³/mol. The molecule has 0 radical (unpaired) electrons. The van der Waals surface area contributed by atoms with Crippen molar-refractivity contribution in [2.24, 2.45) is 5.92 Å². The summed E-state index contributed by atoms with van der Waals surface area (Å²) in [5, 5.41) is 7.09. The number of hydrogen-bond donors (Lipinski definition) is 1. The van der Waals surface area contributed by atoms with Crippen LogP contribution >= 0.6 is 0 Å². The van der Waals surface area contributed by atoms with E-state index in [1.165, 1.54) is 10.7 Å². The standard InChI is InChI=1S/C17H20FN3O2/c1-11-15(20-17(22)13-6-5-9-23-12(13)2)10-19-21(11)16-8-4-3-7-14(16)18/h3-4,7-8,10,12-13H,5-6,9H2,1-2H3,(H,20,22)/t12-,13-/m0/s1. The largest absolute Gasteiger partial charge is 0.378 e. The summed E-state index contributed by atoms with van der Waals surface area (Å²) in [4.78, 5) is 12.4. The van der Waals surface area contributed by atoms with Gasteiger partial charge in [-0.05, 0) is 38.8 Å². The molecule has 122 valence electrons. The first-order valence-corrected chi connectivity index (χ1v) is 7.80. The number of hydrogen-bond acceptors (Lipinski definition) is 3. The molecule has 2 atom stereocenters. The molecule has 0 spiro atoms. The first-order chi connectivity index (χ1) is 11.1. The van der Waals surface area contributed by atoms with Crippen molar-refractivity contribution in [2.45, 2.75) is 32.8 Å². The fourth-order valence-corrected chi connectivity index (χ4v) is 2.89. The van der Waals surface area contributed by atoms with Crippen LogP contribution in [0.3, 0.4) is 0 Å². The van der Waals surface area contributed by atoms with E-state index in [9.17, 15) is 9.18 Å². The molecular formula is C17H20FN3O2. The Hall–Kier alpha value is -2.21. The molecule has 1 aliphatic rings. The van der Waals surface area contributed by atoms with Gasteiger partial charge in [0.25, 0.3) is 0 Å². The molecule has 6 heteroatoms. The minimum Gasteiger partial charge on any atom is -0.378 e. The zero-order chi connectivity index (χ0) is 16.4. The number of ether oxygens (including phenoxy) is 1. The summed E-state index contributed by atoms with van der Waals surface area (Å²) in [5.41, 5.74) is 1.64. The highest BCUT2D eigenvalue weighted by Crippen LogP contribution is 2.24. The number of anilines is 1. The molecule has 1 amide bonds. The van der Waals surface area contributed by atoms with E-state index in [0.29, 0.717) is 23.7 Å². The Morgan fingerprint density at radius 3 is 2.96 bits per heavy atom. The van der Waals surface area contributed by atoms with E-state index in [2.05, 4.69) is 10.4 Å². The van der Waals surface area contributed by atoms with Crippen LogP contribution in [-0.2, 0) is 9.53 Å². The van der Waals surface area contributed by atoms with E-state index in [1.807, 2.05) is 6.92 Å². The predicted octanol–water partition coefficient (Wildman–Crippen LogP) is 3.07. The van der Waals surface area contributed by atoms with Gasteiger partial charge in [0, 0.05) is 6.61 Å². The van der Waals surface area contributed by atoms with Crippen LogP contribution in [0.15, 0.2) is 30.5 Å². The van der Waals surface area contributed by atoms with E-state index >= 15 is 0 Å². The third-order valence-corrected chi connectivity index (χ3v) is 4.29. The summed E-state index contributed by atoms with van der Waals surface area (Å²) >= 11 is 0. The summed E-state index contributed by atoms with van der Waals surface area (Å²) in [6, 6.07) is 6.41. The van der Waals surface area contributed by atoms with Gasteiger partial charge in [-0.25, -0.2) is 9.07 Å². The van der Waals surface area contributed by atoms with Gasteiger partial charge in [-0.3, -0.25) is 4.79 Å². The summed E-state index contributed by atoms with van der Waals surface area (Å²) in [6.07, 6.45) is 3.16. The van der Waals surface area contributed by atoms with Gasteiger partial charge in [0.15, 0.2) is 0 Å². The van der Waals surface area contributed by atoms with Crippen LogP contribution in [0, 0.1) is 18.7 Å². The number of para-hydroxylation sites is 1. The van der Waals surface area contributed by atoms with Crippen LogP contribution in [0.2, 0.25) is 0 Å². The molecule has 2 aromatic rings. The lowest BCUT2D eigenvalue weighted by Crippen LogP contribution is -2.36. The number of amides is 1. The summed E-state index contributed by atoms with van der Waals surface area (Å²) in [7, 11) is 0. The Bertz CT molecular complexity index is 714. The van der Waals surface area contributed by atoms with Gasteiger partial charge in [0.05, 0.1) is 29.6 Å². The molecule has 0 saturated carbocycles. The summed E-state index contributed by atoms with van der Waals surface area (Å²) in [5.74, 6) is -0.598. The Kier molecular flexibility index (Phi) is 4.43. The minimum absolute atomic E-state index is 0.0756. The third kappa shape index (κ3) is 3.12. The van der Waals surface area contributed by atoms with E-state index in [0.717, 1.165) is 12.8 Å². The highest BCUT2D eigenvalue weighted by molar-refractivity contribution is 5.93. The lowest BCUT2D eigenvalue weighted by atomic mass is 9.94. The van der Waals surface area contributed by atoms with Gasteiger partial charge < -0.3 is 10.1 Å². The Morgan fingerprint density at radius 1 is 1.43 bits per heavy atom. The van der Waals surface area contributed by atoms with Crippen LogP contribution in [-0.4, -0.2) is 28.4 Å². The number of nitrogens with one attached hydrogen (secondary N) is 1. The van der Waals surface area contributed by atoms with Gasteiger partial charge in [0.2, 0.25) is 5.91 Å². The molecule has 0 bridgehead atoms. The van der Waals surface area contributed by atoms with Crippen molar-refractivity contribution in [2.75, 3.05) is 11.9 Å². The van der Waals surface area contributed by atoms with E-state index in [4.69, 9.17) is 4.74 Å². The minimum atomic E-state index is -0.356. The highest BCUT2D eigenvalue weighted by atomic mass is 19.1. The van der Waals surface area contributed by atoms with Crippen molar-refractivity contribution in [3.63, 3.8) is 0 Å². The maximum Gasteiger partial charge on any atom is 0.230 e. The SMILES string of the molecule is Cc1c(NC(=O)[C@H]2CCCO[C@H]2C)cnn1-c1ccccc1F. The topological polar surface area (TPSA) is 56.1 Å². The van der Waals surface area contributed by atoms with Crippen molar-refractivity contribution in [3.8, 4) is 5.69 Å². The van der Waals surface area contributed by atoms with Crippen molar-refractivity contribution >= 4 is 11.6 Å². The number of benzene rings is 1.